The van der Waals surface area contributed by atoms with Crippen molar-refractivity contribution in [3.05, 3.63) is 53.1 Å². The smallest absolute Gasteiger partial charge is 0.257 e. The summed E-state index contributed by atoms with van der Waals surface area (Å²) in [6.45, 7) is 4.07. The summed E-state index contributed by atoms with van der Waals surface area (Å²) in [5.41, 5.74) is 5.19. The van der Waals surface area contributed by atoms with Gasteiger partial charge in [0, 0.05) is 11.3 Å². The quantitative estimate of drug-likeness (QED) is 0.699. The van der Waals surface area contributed by atoms with Crippen molar-refractivity contribution in [2.45, 2.75) is 13.8 Å². The number of anilines is 1. The molecule has 0 saturated carbocycles. The van der Waals surface area contributed by atoms with Crippen LogP contribution in [-0.4, -0.2) is 19.8 Å². The topological polar surface area (TPSA) is 66.9 Å². The summed E-state index contributed by atoms with van der Waals surface area (Å²) >= 11 is 6.32. The Morgan fingerprint density at radius 2 is 1.83 bits per heavy atom. The van der Waals surface area contributed by atoms with E-state index >= 15 is 0 Å². The molecule has 1 amide bonds. The molecule has 0 radical (unpaired) electrons. The number of thiocarbonyl (C=S) groups is 1. The third-order valence-electron chi connectivity index (χ3n) is 3.51. The fourth-order valence-corrected chi connectivity index (χ4v) is 2.81. The van der Waals surface area contributed by atoms with Crippen LogP contribution in [0.3, 0.4) is 0 Å². The van der Waals surface area contributed by atoms with Gasteiger partial charge in [-0.3, -0.25) is 10.1 Å². The van der Waals surface area contributed by atoms with Gasteiger partial charge in [-0.25, -0.2) is 0 Å². The largest absolute Gasteiger partial charge is 0.332 e. The first-order valence-electron chi connectivity index (χ1n) is 6.95. The molecule has 0 saturated heterocycles. The fourth-order valence-electron chi connectivity index (χ4n) is 2.08. The molecular formula is C16H14N4OS2. The van der Waals surface area contributed by atoms with Gasteiger partial charge in [-0.1, -0.05) is 6.07 Å². The maximum Gasteiger partial charge on any atom is 0.257 e. The fraction of sp³-hybridized carbons (Fsp3) is 0.125. The highest BCUT2D eigenvalue weighted by Crippen LogP contribution is 2.15. The first-order valence-corrected chi connectivity index (χ1v) is 8.09. The van der Waals surface area contributed by atoms with Crippen LogP contribution in [0.15, 0.2) is 36.4 Å². The first-order chi connectivity index (χ1) is 11.0. The number of carbonyl (C=O) groups is 1. The van der Waals surface area contributed by atoms with Gasteiger partial charge in [0.1, 0.15) is 11.0 Å². The third kappa shape index (κ3) is 3.52. The van der Waals surface area contributed by atoms with Crippen LogP contribution >= 0.6 is 23.9 Å². The van der Waals surface area contributed by atoms with Crippen LogP contribution in [0.1, 0.15) is 21.5 Å². The van der Waals surface area contributed by atoms with Crippen LogP contribution in [0, 0.1) is 13.8 Å². The number of hydrogen-bond acceptors (Lipinski definition) is 5. The lowest BCUT2D eigenvalue weighted by atomic mass is 10.1. The molecule has 0 atom stereocenters. The summed E-state index contributed by atoms with van der Waals surface area (Å²) in [7, 11) is 0. The van der Waals surface area contributed by atoms with E-state index < -0.39 is 0 Å². The van der Waals surface area contributed by atoms with Gasteiger partial charge in [0.25, 0.3) is 5.91 Å². The van der Waals surface area contributed by atoms with Gasteiger partial charge < -0.3 is 5.32 Å². The van der Waals surface area contributed by atoms with Crippen molar-refractivity contribution < 1.29 is 4.79 Å². The van der Waals surface area contributed by atoms with E-state index in [1.807, 2.05) is 32.0 Å². The summed E-state index contributed by atoms with van der Waals surface area (Å²) in [6.07, 6.45) is 0. The summed E-state index contributed by atoms with van der Waals surface area (Å²) in [5.74, 6) is -0.277. The van der Waals surface area contributed by atoms with Gasteiger partial charge in [0.05, 0.1) is 11.7 Å². The molecule has 116 valence electrons. The Hall–Kier alpha value is -2.38. The van der Waals surface area contributed by atoms with E-state index in [9.17, 15) is 4.79 Å². The highest BCUT2D eigenvalue weighted by Gasteiger charge is 2.10. The number of amides is 1. The second-order valence-electron chi connectivity index (χ2n) is 5.18. The van der Waals surface area contributed by atoms with Gasteiger partial charge in [-0.2, -0.15) is 8.75 Å². The van der Waals surface area contributed by atoms with E-state index in [4.69, 9.17) is 12.2 Å². The molecule has 0 unspecified atom stereocenters. The molecular weight excluding hydrogens is 328 g/mol. The molecule has 23 heavy (non-hydrogen) atoms. The van der Waals surface area contributed by atoms with Gasteiger partial charge in [-0.15, -0.1) is 0 Å². The summed E-state index contributed by atoms with van der Waals surface area (Å²) in [5, 5.41) is 5.95. The first kappa shape index (κ1) is 15.5. The number of fused-ring (bicyclic) bond motifs is 1. The van der Waals surface area contributed by atoms with Crippen molar-refractivity contribution >= 4 is 51.7 Å². The standard InChI is InChI=1S/C16H14N4OS2/c1-9-3-5-12(7-10(9)2)17-16(22)18-15(21)11-4-6-13-14(8-11)20-23-19-13/h3-8H,1-2H3,(H2,17,18,21,22). The highest BCUT2D eigenvalue weighted by molar-refractivity contribution is 7.80. The van der Waals surface area contributed by atoms with Crippen LogP contribution in [0.5, 0.6) is 0 Å². The predicted octanol–water partition coefficient (Wildman–Crippen LogP) is 3.43. The SMILES string of the molecule is Cc1ccc(NC(=S)NC(=O)c2ccc3nsnc3c2)cc1C. The molecule has 0 aliphatic rings. The van der Waals surface area contributed by atoms with Crippen molar-refractivity contribution in [1.29, 1.82) is 0 Å². The number of benzene rings is 2. The highest BCUT2D eigenvalue weighted by atomic mass is 32.1. The molecule has 2 N–H and O–H groups in total. The lowest BCUT2D eigenvalue weighted by Gasteiger charge is -2.11. The van der Waals surface area contributed by atoms with Crippen LogP contribution in [-0.2, 0) is 0 Å². The third-order valence-corrected chi connectivity index (χ3v) is 4.27. The second kappa shape index (κ2) is 6.39. The van der Waals surface area contributed by atoms with E-state index in [0.29, 0.717) is 11.1 Å². The summed E-state index contributed by atoms with van der Waals surface area (Å²) in [6, 6.07) is 11.1. The number of rotatable bonds is 2. The molecule has 7 heteroatoms. The van der Waals surface area contributed by atoms with Gasteiger partial charge >= 0.3 is 0 Å². The van der Waals surface area contributed by atoms with Crippen molar-refractivity contribution in [3.63, 3.8) is 0 Å². The Labute approximate surface area is 143 Å². The number of nitrogens with zero attached hydrogens (tertiary/aromatic N) is 2. The number of aromatic nitrogens is 2. The zero-order valence-corrected chi connectivity index (χ0v) is 14.2. The maximum atomic E-state index is 12.2. The van der Waals surface area contributed by atoms with Crippen LogP contribution in [0.25, 0.3) is 11.0 Å². The molecule has 0 fully saturated rings. The lowest BCUT2D eigenvalue weighted by molar-refractivity contribution is 0.0978. The summed E-state index contributed by atoms with van der Waals surface area (Å²) < 4.78 is 8.24. The van der Waals surface area contributed by atoms with Crippen molar-refractivity contribution in [1.82, 2.24) is 14.1 Å². The Morgan fingerprint density at radius 1 is 1.04 bits per heavy atom. The molecule has 0 aliphatic carbocycles. The molecule has 5 nitrogen and oxygen atoms in total. The number of nitrogens with one attached hydrogen (secondary N) is 2. The van der Waals surface area contributed by atoms with Crippen LogP contribution in [0.2, 0.25) is 0 Å². The maximum absolute atomic E-state index is 12.2. The zero-order chi connectivity index (χ0) is 16.4. The van der Waals surface area contributed by atoms with Gasteiger partial charge in [-0.05, 0) is 67.5 Å². The number of aryl methyl sites for hydroxylation is 2. The minimum Gasteiger partial charge on any atom is -0.332 e. The van der Waals surface area contributed by atoms with E-state index in [0.717, 1.165) is 28.5 Å². The Balaban J connectivity index is 1.68. The monoisotopic (exact) mass is 342 g/mol. The molecule has 0 spiro atoms. The van der Waals surface area contributed by atoms with E-state index in [1.54, 1.807) is 18.2 Å². The zero-order valence-electron chi connectivity index (χ0n) is 12.6. The molecule has 0 bridgehead atoms. The van der Waals surface area contributed by atoms with Crippen LogP contribution < -0.4 is 10.6 Å². The van der Waals surface area contributed by atoms with Crippen molar-refractivity contribution in [2.24, 2.45) is 0 Å². The number of hydrogen-bond donors (Lipinski definition) is 2. The van der Waals surface area contributed by atoms with Crippen LogP contribution in [0.4, 0.5) is 5.69 Å². The van der Waals surface area contributed by atoms with Gasteiger partial charge in [0.2, 0.25) is 0 Å². The average Bonchev–Trinajstić information content (AvgIpc) is 2.98. The molecule has 1 aromatic heterocycles. The Kier molecular flexibility index (Phi) is 4.31. The normalized spacial score (nSPS) is 10.5. The van der Waals surface area contributed by atoms with Gasteiger partial charge in [0.15, 0.2) is 5.11 Å². The van der Waals surface area contributed by atoms with Crippen molar-refractivity contribution in [2.75, 3.05) is 5.32 Å². The van der Waals surface area contributed by atoms with Crippen molar-refractivity contribution in [3.8, 4) is 0 Å². The molecule has 3 aromatic rings. The second-order valence-corrected chi connectivity index (χ2v) is 6.11. The average molecular weight is 342 g/mol. The number of carbonyl (C=O) groups excluding carboxylic acids is 1. The van der Waals surface area contributed by atoms with E-state index in [-0.39, 0.29) is 11.0 Å². The minimum absolute atomic E-state index is 0.259. The Bertz CT molecular complexity index is 904. The minimum atomic E-state index is -0.277. The summed E-state index contributed by atoms with van der Waals surface area (Å²) in [4.78, 5) is 12.2. The lowest BCUT2D eigenvalue weighted by Crippen LogP contribution is -2.34. The Morgan fingerprint density at radius 3 is 2.61 bits per heavy atom. The molecule has 1 heterocycles. The van der Waals surface area contributed by atoms with E-state index in [2.05, 4.69) is 19.4 Å². The van der Waals surface area contributed by atoms with E-state index in [1.165, 1.54) is 5.56 Å². The molecule has 2 aromatic carbocycles. The molecule has 3 rings (SSSR count). The predicted molar refractivity (Wildman–Crippen MR) is 97.0 cm³/mol. The molecule has 0 aliphatic heterocycles.